The average Bonchev–Trinajstić information content (AvgIpc) is 3.69. The average molecular weight is 613 g/mol. The van der Waals surface area contributed by atoms with Crippen molar-refractivity contribution in [3.05, 3.63) is 83.9 Å². The van der Waals surface area contributed by atoms with Gasteiger partial charge in [0.15, 0.2) is 11.4 Å². The molecule has 2 aliphatic rings. The van der Waals surface area contributed by atoms with Crippen LogP contribution >= 0.6 is 0 Å². The number of nitrogens with zero attached hydrogens (tertiary/aromatic N) is 7. The summed E-state index contributed by atoms with van der Waals surface area (Å²) in [5.41, 5.74) is 3.61. The fourth-order valence-corrected chi connectivity index (χ4v) is 6.06. The van der Waals surface area contributed by atoms with Crippen LogP contribution < -0.4 is 5.32 Å². The molecule has 0 spiro atoms. The van der Waals surface area contributed by atoms with E-state index in [4.69, 9.17) is 4.42 Å². The standard InChI is InChI=1S/C32H30F2N8O3/c33-32(34)42-39-28(38-40-42)27(19-5-2-1-3-6-19)20-12-15-41(16-13-20)31(44)25-17-22(11-14-35-25)30-37-24-18-23(9-10-26(24)45-30)36-29(43)21-7-4-8-21/h1-3,5-6,9-11,14,17-18,20-21,27,32H,4,7-8,12-13,15-16H2,(H,36,43). The van der Waals surface area contributed by atoms with Gasteiger partial charge < -0.3 is 14.6 Å². The maximum Gasteiger partial charge on any atom is 0.350 e. The molecule has 4 heterocycles. The summed E-state index contributed by atoms with van der Waals surface area (Å²) in [6, 6.07) is 18.3. The second kappa shape index (κ2) is 12.1. The number of likely N-dealkylation sites (tertiary alicyclic amines) is 1. The molecule has 2 aromatic carbocycles. The molecule has 11 nitrogen and oxygen atoms in total. The predicted molar refractivity (Wildman–Crippen MR) is 159 cm³/mol. The van der Waals surface area contributed by atoms with Crippen LogP contribution in [0.15, 0.2) is 71.3 Å². The molecule has 1 saturated carbocycles. The number of carbonyl (C=O) groups excluding carboxylic acids is 2. The minimum Gasteiger partial charge on any atom is -0.436 e. The van der Waals surface area contributed by atoms with E-state index in [2.05, 4.69) is 30.7 Å². The number of alkyl halides is 2. The predicted octanol–water partition coefficient (Wildman–Crippen LogP) is 5.69. The van der Waals surface area contributed by atoms with Gasteiger partial charge in [0.05, 0.1) is 5.92 Å². The summed E-state index contributed by atoms with van der Waals surface area (Å²) in [6.45, 7) is -1.96. The molecule has 13 heteroatoms. The number of aromatic nitrogens is 6. The Bertz CT molecular complexity index is 1830. The summed E-state index contributed by atoms with van der Waals surface area (Å²) >= 11 is 0. The van der Waals surface area contributed by atoms with Crippen molar-refractivity contribution >= 4 is 28.6 Å². The van der Waals surface area contributed by atoms with Gasteiger partial charge in [-0.2, -0.15) is 8.78 Å². The Morgan fingerprint density at radius 1 is 0.978 bits per heavy atom. The Morgan fingerprint density at radius 3 is 2.49 bits per heavy atom. The number of hydrogen-bond acceptors (Lipinski definition) is 8. The normalized spacial score (nSPS) is 16.6. The fraction of sp³-hybridized carbons (Fsp3) is 0.344. The number of anilines is 1. The molecule has 0 bridgehead atoms. The van der Waals surface area contributed by atoms with Gasteiger partial charge >= 0.3 is 6.55 Å². The van der Waals surface area contributed by atoms with Gasteiger partial charge in [-0.15, -0.1) is 10.2 Å². The van der Waals surface area contributed by atoms with E-state index < -0.39 is 6.55 Å². The molecule has 3 aromatic heterocycles. The monoisotopic (exact) mass is 612 g/mol. The van der Waals surface area contributed by atoms with Gasteiger partial charge in [0.1, 0.15) is 11.2 Å². The highest BCUT2D eigenvalue weighted by Crippen LogP contribution is 2.37. The zero-order valence-electron chi connectivity index (χ0n) is 24.2. The molecular weight excluding hydrogens is 582 g/mol. The number of hydrogen-bond donors (Lipinski definition) is 1. The van der Waals surface area contributed by atoms with Crippen molar-refractivity contribution in [1.29, 1.82) is 0 Å². The Balaban J connectivity index is 1.05. The molecule has 45 heavy (non-hydrogen) atoms. The quantitative estimate of drug-likeness (QED) is 0.236. The number of carbonyl (C=O) groups is 2. The van der Waals surface area contributed by atoms with Crippen molar-refractivity contribution in [3.63, 3.8) is 0 Å². The van der Waals surface area contributed by atoms with Crippen molar-refractivity contribution in [3.8, 4) is 11.5 Å². The van der Waals surface area contributed by atoms with Crippen LogP contribution in [0.4, 0.5) is 14.5 Å². The Labute approximate surface area is 256 Å². The maximum atomic E-state index is 13.5. The lowest BCUT2D eigenvalue weighted by Crippen LogP contribution is -2.40. The summed E-state index contributed by atoms with van der Waals surface area (Å²) in [7, 11) is 0. The minimum absolute atomic E-state index is 0.0224. The van der Waals surface area contributed by atoms with Gasteiger partial charge in [0, 0.05) is 36.5 Å². The maximum absolute atomic E-state index is 13.5. The molecule has 1 saturated heterocycles. The third-order valence-electron chi connectivity index (χ3n) is 8.71. The zero-order chi connectivity index (χ0) is 30.9. The lowest BCUT2D eigenvalue weighted by molar-refractivity contribution is -0.122. The van der Waals surface area contributed by atoms with Crippen molar-refractivity contribution in [2.75, 3.05) is 18.4 Å². The highest BCUT2D eigenvalue weighted by Gasteiger charge is 2.34. The summed E-state index contributed by atoms with van der Waals surface area (Å²) in [5.74, 6) is 0.162. The highest BCUT2D eigenvalue weighted by molar-refractivity contribution is 5.95. The molecule has 230 valence electrons. The van der Waals surface area contributed by atoms with Crippen molar-refractivity contribution in [2.45, 2.75) is 44.6 Å². The Kier molecular flexibility index (Phi) is 7.74. The van der Waals surface area contributed by atoms with E-state index in [0.29, 0.717) is 59.0 Å². The van der Waals surface area contributed by atoms with Crippen LogP contribution in [0.3, 0.4) is 0 Å². The minimum atomic E-state index is -2.87. The topological polar surface area (TPSA) is 132 Å². The Morgan fingerprint density at radius 2 is 1.78 bits per heavy atom. The number of nitrogens with one attached hydrogen (secondary N) is 1. The molecule has 2 fully saturated rings. The zero-order valence-corrected chi connectivity index (χ0v) is 24.2. The summed E-state index contributed by atoms with van der Waals surface area (Å²) in [5, 5.41) is 14.4. The van der Waals surface area contributed by atoms with Gasteiger partial charge in [-0.05, 0) is 72.7 Å². The first-order valence-corrected chi connectivity index (χ1v) is 15.0. The van der Waals surface area contributed by atoms with Crippen LogP contribution in [0.1, 0.15) is 66.4 Å². The first-order chi connectivity index (χ1) is 21.9. The number of rotatable bonds is 8. The summed E-state index contributed by atoms with van der Waals surface area (Å²) in [6.07, 6.45) is 5.72. The first-order valence-electron chi connectivity index (χ1n) is 15.0. The molecule has 0 radical (unpaired) electrons. The number of fused-ring (bicyclic) bond motifs is 1. The number of tetrazole rings is 1. The largest absolute Gasteiger partial charge is 0.436 e. The van der Waals surface area contributed by atoms with E-state index in [0.717, 1.165) is 24.8 Å². The third-order valence-corrected chi connectivity index (χ3v) is 8.71. The SMILES string of the molecule is O=C(Nc1ccc2oc(-c3ccnc(C(=O)N4CCC(C(c5ccccc5)c5nnn(C(F)F)n5)CC4)c3)nc2c1)C1CCC1. The van der Waals surface area contributed by atoms with E-state index >= 15 is 0 Å². The van der Waals surface area contributed by atoms with Gasteiger partial charge in [0.25, 0.3) is 5.91 Å². The van der Waals surface area contributed by atoms with Crippen molar-refractivity contribution in [1.82, 2.24) is 35.1 Å². The smallest absolute Gasteiger partial charge is 0.350 e. The lowest BCUT2D eigenvalue weighted by atomic mass is 9.79. The van der Waals surface area contributed by atoms with E-state index in [1.165, 1.54) is 0 Å². The number of pyridine rings is 1. The van der Waals surface area contributed by atoms with Gasteiger partial charge in [-0.25, -0.2) is 4.98 Å². The van der Waals surface area contributed by atoms with E-state index in [-0.39, 0.29) is 41.1 Å². The van der Waals surface area contributed by atoms with E-state index in [1.54, 1.807) is 41.4 Å². The van der Waals surface area contributed by atoms with Crippen LogP contribution in [-0.2, 0) is 4.79 Å². The molecule has 1 aliphatic carbocycles. The number of halogens is 2. The van der Waals surface area contributed by atoms with Crippen LogP contribution in [0.5, 0.6) is 0 Å². The van der Waals surface area contributed by atoms with Gasteiger partial charge in [-0.3, -0.25) is 14.6 Å². The first kappa shape index (κ1) is 28.7. The second-order valence-corrected chi connectivity index (χ2v) is 11.5. The van der Waals surface area contributed by atoms with Crippen LogP contribution in [0, 0.1) is 11.8 Å². The third kappa shape index (κ3) is 5.89. The van der Waals surface area contributed by atoms with Crippen molar-refractivity contribution < 1.29 is 22.8 Å². The van der Waals surface area contributed by atoms with Gasteiger partial charge in [-0.1, -0.05) is 41.5 Å². The van der Waals surface area contributed by atoms with Gasteiger partial charge in [0.2, 0.25) is 11.8 Å². The molecule has 1 atom stereocenters. The summed E-state index contributed by atoms with van der Waals surface area (Å²) in [4.78, 5) is 36.9. The molecule has 5 aromatic rings. The number of benzene rings is 2. The number of amides is 2. The Hall–Kier alpha value is -5.07. The highest BCUT2D eigenvalue weighted by atomic mass is 19.3. The lowest BCUT2D eigenvalue weighted by Gasteiger charge is -2.35. The molecule has 7 rings (SSSR count). The molecule has 2 amide bonds. The molecular formula is C32H30F2N8O3. The second-order valence-electron chi connectivity index (χ2n) is 11.5. The van der Waals surface area contributed by atoms with E-state index in [9.17, 15) is 18.4 Å². The van der Waals surface area contributed by atoms with Crippen LogP contribution in [-0.4, -0.2) is 60.0 Å². The molecule has 1 N–H and O–H groups in total. The molecule has 1 aliphatic heterocycles. The number of oxazole rings is 1. The van der Waals surface area contributed by atoms with Crippen LogP contribution in [0.25, 0.3) is 22.6 Å². The molecule has 1 unspecified atom stereocenters. The van der Waals surface area contributed by atoms with E-state index in [1.807, 2.05) is 30.3 Å². The van der Waals surface area contributed by atoms with Crippen LogP contribution in [0.2, 0.25) is 0 Å². The van der Waals surface area contributed by atoms with Crippen molar-refractivity contribution in [2.24, 2.45) is 11.8 Å². The summed E-state index contributed by atoms with van der Waals surface area (Å²) < 4.78 is 32.4. The number of piperidine rings is 1. The fourth-order valence-electron chi connectivity index (χ4n) is 6.06.